The summed E-state index contributed by atoms with van der Waals surface area (Å²) in [7, 11) is 0. The Morgan fingerprint density at radius 1 is 1.36 bits per heavy atom. The molecule has 0 aliphatic carbocycles. The Kier molecular flexibility index (Phi) is 7.17. The highest BCUT2D eigenvalue weighted by atomic mass is 16.1. The second-order valence-electron chi connectivity index (χ2n) is 4.04. The topological polar surface area (TPSA) is 43.1 Å². The number of hydrogen-bond acceptors (Lipinski definition) is 1. The molecule has 14 heavy (non-hydrogen) atoms. The number of carbonyl (C=O) groups excluding carboxylic acids is 1. The number of primary amides is 1. The van der Waals surface area contributed by atoms with Crippen LogP contribution >= 0.6 is 0 Å². The first-order valence-corrected chi connectivity index (χ1v) is 5.56. The summed E-state index contributed by atoms with van der Waals surface area (Å²) < 4.78 is 0. The average molecular weight is 197 g/mol. The van der Waals surface area contributed by atoms with Gasteiger partial charge in [-0.3, -0.25) is 4.79 Å². The van der Waals surface area contributed by atoms with Crippen LogP contribution in [0.4, 0.5) is 0 Å². The van der Waals surface area contributed by atoms with Gasteiger partial charge in [-0.15, -0.1) is 0 Å². The van der Waals surface area contributed by atoms with Crippen molar-refractivity contribution in [2.75, 3.05) is 0 Å². The second-order valence-corrected chi connectivity index (χ2v) is 4.04. The first-order valence-electron chi connectivity index (χ1n) is 5.56. The normalized spacial score (nSPS) is 14.1. The summed E-state index contributed by atoms with van der Waals surface area (Å²) in [6.45, 7) is 6.13. The van der Waals surface area contributed by atoms with Gasteiger partial charge in [0.2, 0.25) is 5.91 Å². The predicted octanol–water partition coefficient (Wildman–Crippen LogP) is 3.02. The van der Waals surface area contributed by atoms with Gasteiger partial charge in [-0.1, -0.05) is 45.6 Å². The molecule has 0 fully saturated rings. The van der Waals surface area contributed by atoms with Crippen LogP contribution in [0.1, 0.15) is 52.9 Å². The predicted molar refractivity (Wildman–Crippen MR) is 60.9 cm³/mol. The van der Waals surface area contributed by atoms with Gasteiger partial charge >= 0.3 is 0 Å². The Balaban J connectivity index is 3.69. The van der Waals surface area contributed by atoms with Gasteiger partial charge < -0.3 is 5.73 Å². The maximum atomic E-state index is 10.8. The van der Waals surface area contributed by atoms with Crippen LogP contribution in [-0.2, 0) is 4.79 Å². The summed E-state index contributed by atoms with van der Waals surface area (Å²) >= 11 is 0. The minimum atomic E-state index is -0.301. The lowest BCUT2D eigenvalue weighted by Gasteiger charge is -2.06. The third kappa shape index (κ3) is 6.70. The van der Waals surface area contributed by atoms with Gasteiger partial charge in [0.15, 0.2) is 0 Å². The SMILES string of the molecule is CCCCCCC(C)/C=C(/C)C(N)=O. The van der Waals surface area contributed by atoms with Crippen molar-refractivity contribution < 1.29 is 4.79 Å². The molecule has 2 heteroatoms. The number of hydrogen-bond donors (Lipinski definition) is 1. The fourth-order valence-corrected chi connectivity index (χ4v) is 1.49. The summed E-state index contributed by atoms with van der Waals surface area (Å²) in [5, 5.41) is 0. The fraction of sp³-hybridized carbons (Fsp3) is 0.750. The fourth-order valence-electron chi connectivity index (χ4n) is 1.49. The molecular weight excluding hydrogens is 174 g/mol. The molecule has 0 spiro atoms. The summed E-state index contributed by atoms with van der Waals surface area (Å²) in [4.78, 5) is 10.8. The molecule has 0 heterocycles. The highest BCUT2D eigenvalue weighted by molar-refractivity contribution is 5.91. The second kappa shape index (κ2) is 7.60. The highest BCUT2D eigenvalue weighted by Gasteiger charge is 2.02. The Bertz CT molecular complexity index is 196. The van der Waals surface area contributed by atoms with E-state index < -0.39 is 0 Å². The number of nitrogens with two attached hydrogens (primary N) is 1. The lowest BCUT2D eigenvalue weighted by Crippen LogP contribution is -2.12. The van der Waals surface area contributed by atoms with Crippen molar-refractivity contribution in [1.29, 1.82) is 0 Å². The third-order valence-corrected chi connectivity index (χ3v) is 2.44. The Morgan fingerprint density at radius 2 is 2.00 bits per heavy atom. The monoisotopic (exact) mass is 197 g/mol. The van der Waals surface area contributed by atoms with Crippen LogP contribution in [0.3, 0.4) is 0 Å². The van der Waals surface area contributed by atoms with Crippen LogP contribution in [0.5, 0.6) is 0 Å². The molecule has 2 nitrogen and oxygen atoms in total. The Morgan fingerprint density at radius 3 is 2.50 bits per heavy atom. The molecule has 1 unspecified atom stereocenters. The van der Waals surface area contributed by atoms with Crippen molar-refractivity contribution in [3.63, 3.8) is 0 Å². The summed E-state index contributed by atoms with van der Waals surface area (Å²) in [6, 6.07) is 0. The van der Waals surface area contributed by atoms with Gasteiger partial charge in [0, 0.05) is 5.57 Å². The molecule has 0 saturated carbocycles. The molecule has 0 radical (unpaired) electrons. The highest BCUT2D eigenvalue weighted by Crippen LogP contribution is 2.13. The van der Waals surface area contributed by atoms with Gasteiger partial charge in [-0.05, 0) is 19.3 Å². The van der Waals surface area contributed by atoms with E-state index in [0.717, 1.165) is 6.42 Å². The molecule has 1 atom stereocenters. The molecule has 0 bridgehead atoms. The third-order valence-electron chi connectivity index (χ3n) is 2.44. The lowest BCUT2D eigenvalue weighted by molar-refractivity contribution is -0.114. The summed E-state index contributed by atoms with van der Waals surface area (Å²) in [5.74, 6) is 0.171. The number of unbranched alkanes of at least 4 members (excludes halogenated alkanes) is 3. The first-order chi connectivity index (χ1) is 6.57. The van der Waals surface area contributed by atoms with Gasteiger partial charge in [-0.25, -0.2) is 0 Å². The summed E-state index contributed by atoms with van der Waals surface area (Å²) in [5.41, 5.74) is 5.84. The van der Waals surface area contributed by atoms with Crippen LogP contribution in [-0.4, -0.2) is 5.91 Å². The molecule has 82 valence electrons. The van der Waals surface area contributed by atoms with E-state index in [9.17, 15) is 4.79 Å². The van der Waals surface area contributed by atoms with E-state index in [2.05, 4.69) is 13.8 Å². The quantitative estimate of drug-likeness (QED) is 0.495. The lowest BCUT2D eigenvalue weighted by atomic mass is 10.00. The van der Waals surface area contributed by atoms with E-state index in [-0.39, 0.29) is 5.91 Å². The molecule has 2 N–H and O–H groups in total. The Hall–Kier alpha value is -0.790. The molecule has 0 aliphatic heterocycles. The van der Waals surface area contributed by atoms with E-state index >= 15 is 0 Å². The van der Waals surface area contributed by atoms with Crippen molar-refractivity contribution in [1.82, 2.24) is 0 Å². The smallest absolute Gasteiger partial charge is 0.244 e. The zero-order valence-electron chi connectivity index (χ0n) is 9.68. The Labute approximate surface area is 87.6 Å². The van der Waals surface area contributed by atoms with Crippen molar-refractivity contribution in [3.8, 4) is 0 Å². The van der Waals surface area contributed by atoms with Gasteiger partial charge in [0.1, 0.15) is 0 Å². The average Bonchev–Trinajstić information content (AvgIpc) is 2.12. The number of carbonyl (C=O) groups is 1. The van der Waals surface area contributed by atoms with Crippen LogP contribution in [0.25, 0.3) is 0 Å². The van der Waals surface area contributed by atoms with Crippen molar-refractivity contribution in [3.05, 3.63) is 11.6 Å². The number of amides is 1. The zero-order valence-corrected chi connectivity index (χ0v) is 9.68. The summed E-state index contributed by atoms with van der Waals surface area (Å²) in [6.07, 6.45) is 8.26. The van der Waals surface area contributed by atoms with E-state index in [0.29, 0.717) is 11.5 Å². The molecular formula is C12H23NO. The molecule has 0 saturated heterocycles. The van der Waals surface area contributed by atoms with Crippen molar-refractivity contribution >= 4 is 5.91 Å². The number of allylic oxidation sites excluding steroid dienone is 1. The van der Waals surface area contributed by atoms with E-state index in [1.807, 2.05) is 6.08 Å². The van der Waals surface area contributed by atoms with E-state index in [4.69, 9.17) is 5.73 Å². The molecule has 0 aliphatic rings. The minimum Gasteiger partial charge on any atom is -0.366 e. The minimum absolute atomic E-state index is 0.301. The maximum absolute atomic E-state index is 10.8. The van der Waals surface area contributed by atoms with Crippen molar-refractivity contribution in [2.45, 2.75) is 52.9 Å². The van der Waals surface area contributed by atoms with Crippen molar-refractivity contribution in [2.24, 2.45) is 11.7 Å². The standard InChI is InChI=1S/C12H23NO/c1-4-5-6-7-8-10(2)9-11(3)12(13)14/h9-10H,4-8H2,1-3H3,(H2,13,14)/b11-9-. The largest absolute Gasteiger partial charge is 0.366 e. The van der Waals surface area contributed by atoms with Crippen LogP contribution in [0.15, 0.2) is 11.6 Å². The number of rotatable bonds is 7. The molecule has 0 aromatic heterocycles. The van der Waals surface area contributed by atoms with Gasteiger partial charge in [0.05, 0.1) is 0 Å². The van der Waals surface area contributed by atoms with Crippen LogP contribution < -0.4 is 5.73 Å². The van der Waals surface area contributed by atoms with Gasteiger partial charge in [0.25, 0.3) is 0 Å². The van der Waals surface area contributed by atoms with Gasteiger partial charge in [-0.2, -0.15) is 0 Å². The van der Waals surface area contributed by atoms with Crippen LogP contribution in [0.2, 0.25) is 0 Å². The zero-order chi connectivity index (χ0) is 11.0. The molecule has 1 amide bonds. The first kappa shape index (κ1) is 13.2. The van der Waals surface area contributed by atoms with E-state index in [1.165, 1.54) is 25.7 Å². The molecule has 0 aromatic rings. The molecule has 0 aromatic carbocycles. The van der Waals surface area contributed by atoms with E-state index in [1.54, 1.807) is 6.92 Å². The maximum Gasteiger partial charge on any atom is 0.244 e. The van der Waals surface area contributed by atoms with Crippen LogP contribution in [0, 0.1) is 5.92 Å². The molecule has 0 rings (SSSR count).